The zero-order valence-electron chi connectivity index (χ0n) is 14.8. The Morgan fingerprint density at radius 3 is 2.73 bits per heavy atom. The summed E-state index contributed by atoms with van der Waals surface area (Å²) in [6.45, 7) is 2.02. The molecule has 7 nitrogen and oxygen atoms in total. The highest BCUT2D eigenvalue weighted by molar-refractivity contribution is 5.84. The third-order valence-electron chi connectivity index (χ3n) is 5.43. The van der Waals surface area contributed by atoms with Gasteiger partial charge in [0.2, 0.25) is 0 Å². The molecule has 1 aliphatic rings. The van der Waals surface area contributed by atoms with E-state index in [-0.39, 0.29) is 0 Å². The minimum absolute atomic E-state index is 0.649. The van der Waals surface area contributed by atoms with Gasteiger partial charge in [-0.25, -0.2) is 9.97 Å². The minimum atomic E-state index is 0.649. The molecule has 1 aromatic carbocycles. The van der Waals surface area contributed by atoms with Crippen LogP contribution in [-0.2, 0) is 13.5 Å². The maximum absolute atomic E-state index is 4.95. The van der Waals surface area contributed by atoms with Crippen molar-refractivity contribution in [3.8, 4) is 0 Å². The van der Waals surface area contributed by atoms with Crippen molar-refractivity contribution in [2.45, 2.75) is 19.3 Å². The molecule has 0 N–H and O–H groups in total. The Hall–Kier alpha value is -2.96. The number of aromatic nitrogens is 6. The number of anilines is 1. The van der Waals surface area contributed by atoms with E-state index in [0.29, 0.717) is 5.92 Å². The fourth-order valence-electron chi connectivity index (χ4n) is 3.92. The Labute approximate surface area is 151 Å². The van der Waals surface area contributed by atoms with Crippen LogP contribution in [0, 0.1) is 5.92 Å². The first-order chi connectivity index (χ1) is 12.8. The quantitative estimate of drug-likeness (QED) is 0.570. The molecule has 0 aliphatic carbocycles. The Bertz CT molecular complexity index is 1060. The van der Waals surface area contributed by atoms with Crippen molar-refractivity contribution in [3.63, 3.8) is 0 Å². The van der Waals surface area contributed by atoms with Crippen molar-refractivity contribution in [3.05, 3.63) is 48.9 Å². The minimum Gasteiger partial charge on any atom is -0.355 e. The van der Waals surface area contributed by atoms with Crippen molar-refractivity contribution in [2.75, 3.05) is 18.0 Å². The molecule has 1 aliphatic heterocycles. The van der Waals surface area contributed by atoms with E-state index < -0.39 is 0 Å². The molecule has 1 saturated heterocycles. The number of piperidine rings is 1. The van der Waals surface area contributed by atoms with E-state index in [9.17, 15) is 0 Å². The summed E-state index contributed by atoms with van der Waals surface area (Å²) in [6.07, 6.45) is 8.85. The van der Waals surface area contributed by atoms with E-state index in [1.54, 1.807) is 6.33 Å². The molecule has 26 heavy (non-hydrogen) atoms. The lowest BCUT2D eigenvalue weighted by Crippen LogP contribution is -2.35. The molecule has 5 rings (SSSR count). The van der Waals surface area contributed by atoms with Crippen LogP contribution in [0.2, 0.25) is 0 Å². The van der Waals surface area contributed by atoms with Crippen LogP contribution in [0.3, 0.4) is 0 Å². The van der Waals surface area contributed by atoms with Gasteiger partial charge in [0, 0.05) is 26.6 Å². The average molecular weight is 347 g/mol. The first-order valence-electron chi connectivity index (χ1n) is 9.08. The van der Waals surface area contributed by atoms with Gasteiger partial charge in [-0.15, -0.1) is 10.2 Å². The molecule has 0 atom stereocenters. The van der Waals surface area contributed by atoms with Crippen LogP contribution in [-0.4, -0.2) is 42.2 Å². The molecule has 4 heterocycles. The number of hydrogen-bond donors (Lipinski definition) is 0. The second kappa shape index (κ2) is 6.09. The third-order valence-corrected chi connectivity index (χ3v) is 5.43. The summed E-state index contributed by atoms with van der Waals surface area (Å²) in [5.41, 5.74) is 3.19. The normalized spacial score (nSPS) is 16.0. The van der Waals surface area contributed by atoms with Gasteiger partial charge >= 0.3 is 0 Å². The maximum atomic E-state index is 4.95. The lowest BCUT2D eigenvalue weighted by molar-refractivity contribution is 0.392. The smallest absolute Gasteiger partial charge is 0.155 e. The van der Waals surface area contributed by atoms with Gasteiger partial charge in [0.1, 0.15) is 17.7 Å². The molecule has 4 aromatic rings. The van der Waals surface area contributed by atoms with E-state index in [1.807, 2.05) is 36.3 Å². The standard InChI is InChI=1S/C19H21N7/c1-24-13-21-23-18(24)10-14-6-8-25(9-7-14)19-17-11-20-12-26(17)16-5-3-2-4-15(16)22-19/h2-5,11-14H,6-10H2,1H3. The number of nitrogens with zero attached hydrogens (tertiary/aromatic N) is 7. The zero-order valence-corrected chi connectivity index (χ0v) is 14.8. The van der Waals surface area contributed by atoms with Gasteiger partial charge in [-0.3, -0.25) is 4.40 Å². The first-order valence-corrected chi connectivity index (χ1v) is 9.08. The highest BCUT2D eigenvalue weighted by Gasteiger charge is 2.24. The monoisotopic (exact) mass is 347 g/mol. The lowest BCUT2D eigenvalue weighted by atomic mass is 9.93. The number of hydrogen-bond acceptors (Lipinski definition) is 5. The molecule has 0 unspecified atom stereocenters. The first kappa shape index (κ1) is 15.3. The summed E-state index contributed by atoms with van der Waals surface area (Å²) in [5.74, 6) is 2.76. The molecule has 132 valence electrons. The average Bonchev–Trinajstić information content (AvgIpc) is 3.32. The molecule has 0 amide bonds. The fourth-order valence-corrected chi connectivity index (χ4v) is 3.92. The lowest BCUT2D eigenvalue weighted by Gasteiger charge is -2.33. The highest BCUT2D eigenvalue weighted by Crippen LogP contribution is 2.29. The maximum Gasteiger partial charge on any atom is 0.155 e. The number of para-hydroxylation sites is 2. The number of rotatable bonds is 3. The molecular weight excluding hydrogens is 326 g/mol. The summed E-state index contributed by atoms with van der Waals surface area (Å²) in [7, 11) is 2.01. The molecule has 1 fully saturated rings. The molecular formula is C19H21N7. The molecule has 0 radical (unpaired) electrons. The summed E-state index contributed by atoms with van der Waals surface area (Å²) < 4.78 is 4.16. The van der Waals surface area contributed by atoms with Crippen LogP contribution in [0.4, 0.5) is 5.82 Å². The fraction of sp³-hybridized carbons (Fsp3) is 0.368. The number of aryl methyl sites for hydroxylation is 1. The van der Waals surface area contributed by atoms with Crippen LogP contribution in [0.1, 0.15) is 18.7 Å². The van der Waals surface area contributed by atoms with E-state index in [1.165, 1.54) is 0 Å². The van der Waals surface area contributed by atoms with Crippen molar-refractivity contribution in [2.24, 2.45) is 13.0 Å². The van der Waals surface area contributed by atoms with Crippen molar-refractivity contribution in [1.82, 2.24) is 29.1 Å². The van der Waals surface area contributed by atoms with Gasteiger partial charge in [-0.1, -0.05) is 12.1 Å². The van der Waals surface area contributed by atoms with E-state index in [0.717, 1.165) is 60.5 Å². The Kier molecular flexibility index (Phi) is 3.58. The number of benzene rings is 1. The predicted octanol–water partition coefficient (Wildman–Crippen LogP) is 2.47. The Morgan fingerprint density at radius 1 is 1.08 bits per heavy atom. The summed E-state index contributed by atoms with van der Waals surface area (Å²) in [4.78, 5) is 11.7. The molecule has 3 aromatic heterocycles. The van der Waals surface area contributed by atoms with Crippen molar-refractivity contribution < 1.29 is 0 Å². The molecule has 0 spiro atoms. The van der Waals surface area contributed by atoms with Gasteiger partial charge in [0.15, 0.2) is 5.82 Å². The Balaban J connectivity index is 1.41. The van der Waals surface area contributed by atoms with E-state index in [4.69, 9.17) is 4.98 Å². The van der Waals surface area contributed by atoms with Crippen molar-refractivity contribution in [1.29, 1.82) is 0 Å². The second-order valence-electron chi connectivity index (χ2n) is 7.07. The third kappa shape index (κ3) is 2.51. The van der Waals surface area contributed by atoms with Crippen molar-refractivity contribution >= 4 is 22.4 Å². The SMILES string of the molecule is Cn1cnnc1CC1CCN(c2nc3ccccc3n3cncc23)CC1. The van der Waals surface area contributed by atoms with Gasteiger partial charge in [0.25, 0.3) is 0 Å². The molecule has 7 heteroatoms. The van der Waals surface area contributed by atoms with Gasteiger partial charge < -0.3 is 9.47 Å². The van der Waals surface area contributed by atoms with Crippen LogP contribution in [0.15, 0.2) is 43.1 Å². The van der Waals surface area contributed by atoms with Crippen LogP contribution >= 0.6 is 0 Å². The van der Waals surface area contributed by atoms with E-state index >= 15 is 0 Å². The summed E-state index contributed by atoms with van der Waals surface area (Å²) in [5, 5.41) is 8.22. The molecule has 0 bridgehead atoms. The predicted molar refractivity (Wildman–Crippen MR) is 100 cm³/mol. The van der Waals surface area contributed by atoms with Crippen LogP contribution in [0.25, 0.3) is 16.6 Å². The summed E-state index contributed by atoms with van der Waals surface area (Å²) in [6, 6.07) is 8.24. The second-order valence-corrected chi connectivity index (χ2v) is 7.07. The van der Waals surface area contributed by atoms with Gasteiger partial charge in [-0.2, -0.15) is 0 Å². The molecule has 0 saturated carbocycles. The van der Waals surface area contributed by atoms with Gasteiger partial charge in [0.05, 0.1) is 23.6 Å². The van der Waals surface area contributed by atoms with E-state index in [2.05, 4.69) is 36.6 Å². The largest absolute Gasteiger partial charge is 0.355 e. The highest BCUT2D eigenvalue weighted by atomic mass is 15.2. The Morgan fingerprint density at radius 2 is 1.92 bits per heavy atom. The number of fused-ring (bicyclic) bond motifs is 3. The van der Waals surface area contributed by atoms with Crippen LogP contribution < -0.4 is 4.90 Å². The topological polar surface area (TPSA) is 64.1 Å². The zero-order chi connectivity index (χ0) is 17.5. The van der Waals surface area contributed by atoms with Crippen LogP contribution in [0.5, 0.6) is 0 Å². The summed E-state index contributed by atoms with van der Waals surface area (Å²) >= 11 is 0. The number of imidazole rings is 1. The van der Waals surface area contributed by atoms with Gasteiger partial charge in [-0.05, 0) is 30.9 Å².